The van der Waals surface area contributed by atoms with E-state index in [2.05, 4.69) is 5.32 Å². The first-order valence-electron chi connectivity index (χ1n) is 7.86. The van der Waals surface area contributed by atoms with Gasteiger partial charge in [0.05, 0.1) is 11.2 Å². The molecule has 6 heteroatoms. The van der Waals surface area contributed by atoms with Gasteiger partial charge < -0.3 is 14.6 Å². The van der Waals surface area contributed by atoms with Crippen molar-refractivity contribution in [3.8, 4) is 0 Å². The molecule has 2 aromatic rings. The zero-order valence-corrected chi connectivity index (χ0v) is 14.9. The SMILES string of the molecule is CC1(C)OB(c2ccc(Cl)cc2Nc2ccc(F)cc2)OC1(C)C. The van der Waals surface area contributed by atoms with Gasteiger partial charge in [-0.15, -0.1) is 0 Å². The fraction of sp³-hybridized carbons (Fsp3) is 0.333. The maximum atomic E-state index is 13.1. The van der Waals surface area contributed by atoms with Crippen LogP contribution in [0.2, 0.25) is 5.02 Å². The number of anilines is 2. The highest BCUT2D eigenvalue weighted by Crippen LogP contribution is 2.37. The summed E-state index contributed by atoms with van der Waals surface area (Å²) in [6.45, 7) is 8.04. The van der Waals surface area contributed by atoms with Crippen molar-refractivity contribution in [3.63, 3.8) is 0 Å². The van der Waals surface area contributed by atoms with Crippen molar-refractivity contribution in [2.45, 2.75) is 38.9 Å². The van der Waals surface area contributed by atoms with E-state index in [-0.39, 0.29) is 5.82 Å². The summed E-state index contributed by atoms with van der Waals surface area (Å²) < 4.78 is 25.3. The van der Waals surface area contributed by atoms with E-state index in [0.717, 1.165) is 16.8 Å². The van der Waals surface area contributed by atoms with Gasteiger partial charge in [-0.05, 0) is 64.1 Å². The molecule has 0 spiro atoms. The van der Waals surface area contributed by atoms with Gasteiger partial charge in [0.1, 0.15) is 5.82 Å². The van der Waals surface area contributed by atoms with Gasteiger partial charge in [-0.1, -0.05) is 17.7 Å². The normalized spacial score (nSPS) is 18.7. The largest absolute Gasteiger partial charge is 0.496 e. The third kappa shape index (κ3) is 3.29. The van der Waals surface area contributed by atoms with E-state index < -0.39 is 18.3 Å². The van der Waals surface area contributed by atoms with Crippen LogP contribution < -0.4 is 10.8 Å². The fourth-order valence-electron chi connectivity index (χ4n) is 2.50. The van der Waals surface area contributed by atoms with Crippen molar-refractivity contribution in [1.82, 2.24) is 0 Å². The lowest BCUT2D eigenvalue weighted by Gasteiger charge is -2.32. The molecule has 0 radical (unpaired) electrons. The average molecular weight is 348 g/mol. The first-order chi connectivity index (χ1) is 11.2. The summed E-state index contributed by atoms with van der Waals surface area (Å²) in [5.41, 5.74) is 1.53. The molecule has 0 unspecified atom stereocenters. The van der Waals surface area contributed by atoms with E-state index in [4.69, 9.17) is 20.9 Å². The molecule has 1 aliphatic heterocycles. The Kier molecular flexibility index (Phi) is 4.37. The first kappa shape index (κ1) is 17.3. The molecule has 1 N–H and O–H groups in total. The van der Waals surface area contributed by atoms with Gasteiger partial charge in [0.2, 0.25) is 0 Å². The van der Waals surface area contributed by atoms with Crippen molar-refractivity contribution in [2.75, 3.05) is 5.32 Å². The Bertz CT molecular complexity index is 733. The zero-order chi connectivity index (χ0) is 17.5. The maximum absolute atomic E-state index is 13.1. The van der Waals surface area contributed by atoms with Crippen LogP contribution in [-0.2, 0) is 9.31 Å². The fourth-order valence-corrected chi connectivity index (χ4v) is 2.67. The number of rotatable bonds is 3. The Morgan fingerprint density at radius 2 is 1.54 bits per heavy atom. The van der Waals surface area contributed by atoms with Crippen molar-refractivity contribution in [3.05, 3.63) is 53.3 Å². The number of benzene rings is 2. The molecule has 1 saturated heterocycles. The molecule has 1 fully saturated rings. The Balaban J connectivity index is 1.93. The summed E-state index contributed by atoms with van der Waals surface area (Å²) in [5.74, 6) is -0.280. The lowest BCUT2D eigenvalue weighted by atomic mass is 9.77. The monoisotopic (exact) mass is 347 g/mol. The minimum absolute atomic E-state index is 0.280. The summed E-state index contributed by atoms with van der Waals surface area (Å²) in [7, 11) is -0.504. The van der Waals surface area contributed by atoms with Gasteiger partial charge in [0.25, 0.3) is 0 Å². The quantitative estimate of drug-likeness (QED) is 0.828. The molecule has 2 aromatic carbocycles. The Hall–Kier alpha value is -1.56. The number of hydrogen-bond donors (Lipinski definition) is 1. The number of halogens is 2. The number of hydrogen-bond acceptors (Lipinski definition) is 3. The second kappa shape index (κ2) is 6.06. The second-order valence-corrected chi connectivity index (χ2v) is 7.39. The minimum Gasteiger partial charge on any atom is -0.399 e. The lowest BCUT2D eigenvalue weighted by molar-refractivity contribution is 0.00578. The molecule has 126 valence electrons. The van der Waals surface area contributed by atoms with E-state index in [0.29, 0.717) is 5.02 Å². The van der Waals surface area contributed by atoms with Crippen molar-refractivity contribution in [1.29, 1.82) is 0 Å². The standard InChI is InChI=1S/C18H20BClFNO2/c1-17(2)18(3,4)24-19(23-17)15-10-5-12(20)11-16(15)22-14-8-6-13(21)7-9-14/h5-11,22H,1-4H3. The predicted molar refractivity (Wildman–Crippen MR) is 96.9 cm³/mol. The molecule has 0 aliphatic carbocycles. The van der Waals surface area contributed by atoms with Crippen LogP contribution in [0, 0.1) is 5.82 Å². The summed E-state index contributed by atoms with van der Waals surface area (Å²) in [6, 6.07) is 11.6. The zero-order valence-electron chi connectivity index (χ0n) is 14.2. The molecule has 0 aromatic heterocycles. The first-order valence-corrected chi connectivity index (χ1v) is 8.23. The molecular weight excluding hydrogens is 327 g/mol. The van der Waals surface area contributed by atoms with Gasteiger partial charge in [0.15, 0.2) is 0 Å². The number of nitrogens with one attached hydrogen (secondary N) is 1. The topological polar surface area (TPSA) is 30.5 Å². The third-order valence-corrected chi connectivity index (χ3v) is 4.88. The van der Waals surface area contributed by atoms with Crippen LogP contribution in [0.4, 0.5) is 15.8 Å². The second-order valence-electron chi connectivity index (χ2n) is 6.95. The Morgan fingerprint density at radius 1 is 0.958 bits per heavy atom. The summed E-state index contributed by atoms with van der Waals surface area (Å²) in [4.78, 5) is 0. The summed E-state index contributed by atoms with van der Waals surface area (Å²) in [5, 5.41) is 3.86. The highest BCUT2D eigenvalue weighted by Gasteiger charge is 2.52. The molecule has 3 rings (SSSR count). The Morgan fingerprint density at radius 3 is 2.12 bits per heavy atom. The Labute approximate surface area is 147 Å². The van der Waals surface area contributed by atoms with Crippen LogP contribution in [-0.4, -0.2) is 18.3 Å². The van der Waals surface area contributed by atoms with Gasteiger partial charge in [-0.3, -0.25) is 0 Å². The van der Waals surface area contributed by atoms with Crippen LogP contribution in [0.5, 0.6) is 0 Å². The lowest BCUT2D eigenvalue weighted by Crippen LogP contribution is -2.41. The molecule has 24 heavy (non-hydrogen) atoms. The molecule has 0 saturated carbocycles. The molecule has 0 amide bonds. The van der Waals surface area contributed by atoms with Crippen LogP contribution in [0.15, 0.2) is 42.5 Å². The highest BCUT2D eigenvalue weighted by molar-refractivity contribution is 6.64. The van der Waals surface area contributed by atoms with E-state index in [1.165, 1.54) is 12.1 Å². The molecule has 3 nitrogen and oxygen atoms in total. The van der Waals surface area contributed by atoms with Crippen molar-refractivity contribution < 1.29 is 13.7 Å². The summed E-state index contributed by atoms with van der Waals surface area (Å²) in [6.07, 6.45) is 0. The smallest absolute Gasteiger partial charge is 0.399 e. The van der Waals surface area contributed by atoms with Crippen LogP contribution >= 0.6 is 11.6 Å². The van der Waals surface area contributed by atoms with Gasteiger partial charge in [-0.25, -0.2) is 4.39 Å². The van der Waals surface area contributed by atoms with Gasteiger partial charge in [-0.2, -0.15) is 0 Å². The van der Waals surface area contributed by atoms with E-state index in [9.17, 15) is 4.39 Å². The van der Waals surface area contributed by atoms with E-state index in [1.807, 2.05) is 39.8 Å². The van der Waals surface area contributed by atoms with Crippen molar-refractivity contribution >= 4 is 35.6 Å². The molecule has 1 aliphatic rings. The molecule has 0 atom stereocenters. The van der Waals surface area contributed by atoms with Crippen LogP contribution in [0.25, 0.3) is 0 Å². The van der Waals surface area contributed by atoms with Crippen LogP contribution in [0.3, 0.4) is 0 Å². The highest BCUT2D eigenvalue weighted by atomic mass is 35.5. The molecule has 1 heterocycles. The predicted octanol–water partition coefficient (Wildman–Crippen LogP) is 4.52. The van der Waals surface area contributed by atoms with Gasteiger partial charge in [0, 0.05) is 21.9 Å². The van der Waals surface area contributed by atoms with Crippen LogP contribution in [0.1, 0.15) is 27.7 Å². The third-order valence-electron chi connectivity index (χ3n) is 4.65. The minimum atomic E-state index is -0.504. The summed E-state index contributed by atoms with van der Waals surface area (Å²) >= 11 is 6.15. The maximum Gasteiger partial charge on any atom is 0.496 e. The van der Waals surface area contributed by atoms with Gasteiger partial charge >= 0.3 is 7.12 Å². The average Bonchev–Trinajstić information content (AvgIpc) is 2.70. The van der Waals surface area contributed by atoms with E-state index >= 15 is 0 Å². The van der Waals surface area contributed by atoms with E-state index in [1.54, 1.807) is 18.2 Å². The van der Waals surface area contributed by atoms with Crippen molar-refractivity contribution in [2.24, 2.45) is 0 Å². The molecular formula is C18H20BClFNO2. The molecule has 0 bridgehead atoms.